The highest BCUT2D eigenvalue weighted by Gasteiger charge is 2.17. The normalized spacial score (nSPS) is 14.3. The van der Waals surface area contributed by atoms with Gasteiger partial charge in [-0.2, -0.15) is 0 Å². The molecule has 2 N–H and O–H groups in total. The number of rotatable bonds is 6. The van der Waals surface area contributed by atoms with Crippen LogP contribution in [0.25, 0.3) is 33.7 Å². The number of hydrogen-bond donors (Lipinski definition) is 1. The van der Waals surface area contributed by atoms with Crippen molar-refractivity contribution >= 4 is 17.0 Å². The zero-order chi connectivity index (χ0) is 21.2. The minimum atomic E-state index is -0.571. The van der Waals surface area contributed by atoms with E-state index in [9.17, 15) is 4.79 Å². The highest BCUT2D eigenvalue weighted by molar-refractivity contribution is 5.99. The molecule has 1 amide bonds. The van der Waals surface area contributed by atoms with Crippen LogP contribution in [0, 0.1) is 0 Å². The Balaban J connectivity index is 1.49. The van der Waals surface area contributed by atoms with Crippen LogP contribution in [-0.2, 0) is 6.42 Å². The smallest absolute Gasteiger partial charge is 0.252 e. The summed E-state index contributed by atoms with van der Waals surface area (Å²) < 4.78 is 6.01. The number of oxazole rings is 1. The van der Waals surface area contributed by atoms with Crippen molar-refractivity contribution in [3.8, 4) is 22.6 Å². The predicted molar refractivity (Wildman–Crippen MR) is 118 cm³/mol. The van der Waals surface area contributed by atoms with Gasteiger partial charge < -0.3 is 15.1 Å². The molecule has 0 atom stereocenters. The Hall–Kier alpha value is -3.58. The lowest BCUT2D eigenvalue weighted by Crippen LogP contribution is -2.21. The molecular weight excluding hydrogens is 390 g/mol. The summed E-state index contributed by atoms with van der Waals surface area (Å²) in [5.41, 5.74) is 9.42. The maximum atomic E-state index is 12.0. The molecule has 2 aromatic heterocycles. The number of aromatic nitrogens is 3. The molecule has 0 aliphatic carbocycles. The number of nitrogens with two attached hydrogens (primary N) is 1. The molecule has 1 fully saturated rings. The van der Waals surface area contributed by atoms with Gasteiger partial charge in [0, 0.05) is 30.3 Å². The van der Waals surface area contributed by atoms with E-state index in [1.165, 1.54) is 19.0 Å². The average molecular weight is 413 g/mol. The van der Waals surface area contributed by atoms with Crippen molar-refractivity contribution in [2.45, 2.75) is 19.3 Å². The standard InChI is InChI=1S/C24H23N5O2/c25-23(30)18-15-26-24(16-6-2-1-3-7-16)28-22(18)17-8-9-19-20(14-17)31-21(27-19)10-13-29-11-4-5-12-29/h1-3,6-9,14-15H,4-5,10-13H2,(H2,25,30). The maximum absolute atomic E-state index is 12.0. The number of nitrogens with zero attached hydrogens (tertiary/aromatic N) is 4. The molecule has 7 nitrogen and oxygen atoms in total. The van der Waals surface area contributed by atoms with Crippen LogP contribution in [-0.4, -0.2) is 45.4 Å². The zero-order valence-electron chi connectivity index (χ0n) is 17.1. The molecule has 0 radical (unpaired) electrons. The van der Waals surface area contributed by atoms with Gasteiger partial charge in [0.05, 0.1) is 11.3 Å². The molecule has 1 aliphatic heterocycles. The van der Waals surface area contributed by atoms with Crippen LogP contribution in [0.5, 0.6) is 0 Å². The molecule has 1 aliphatic rings. The minimum Gasteiger partial charge on any atom is -0.441 e. The maximum Gasteiger partial charge on any atom is 0.252 e. The van der Waals surface area contributed by atoms with E-state index in [1.807, 2.05) is 48.5 Å². The molecule has 1 saturated heterocycles. The summed E-state index contributed by atoms with van der Waals surface area (Å²) in [7, 11) is 0. The average Bonchev–Trinajstić information content (AvgIpc) is 3.46. The largest absolute Gasteiger partial charge is 0.441 e. The first-order valence-corrected chi connectivity index (χ1v) is 10.5. The highest BCUT2D eigenvalue weighted by atomic mass is 16.3. The number of carbonyl (C=O) groups is 1. The van der Waals surface area contributed by atoms with E-state index in [-0.39, 0.29) is 5.56 Å². The fourth-order valence-corrected chi connectivity index (χ4v) is 4.00. The molecular formula is C24H23N5O2. The summed E-state index contributed by atoms with van der Waals surface area (Å²) in [6.07, 6.45) is 4.80. The number of fused-ring (bicyclic) bond motifs is 1. The van der Waals surface area contributed by atoms with E-state index in [1.54, 1.807) is 0 Å². The first kappa shape index (κ1) is 19.4. The summed E-state index contributed by atoms with van der Waals surface area (Å²) in [6.45, 7) is 3.26. The van der Waals surface area contributed by atoms with E-state index < -0.39 is 5.91 Å². The number of primary amides is 1. The molecule has 0 unspecified atom stereocenters. The third kappa shape index (κ3) is 4.04. The summed E-state index contributed by atoms with van der Waals surface area (Å²) in [5, 5.41) is 0. The van der Waals surface area contributed by atoms with Crippen LogP contribution in [0.3, 0.4) is 0 Å². The molecule has 4 aromatic rings. The van der Waals surface area contributed by atoms with Crippen LogP contribution in [0.15, 0.2) is 59.1 Å². The molecule has 156 valence electrons. The summed E-state index contributed by atoms with van der Waals surface area (Å²) in [5.74, 6) is 0.685. The Morgan fingerprint density at radius 3 is 2.61 bits per heavy atom. The molecule has 0 bridgehead atoms. The Morgan fingerprint density at radius 2 is 1.84 bits per heavy atom. The number of benzene rings is 2. The Kier molecular flexibility index (Phi) is 5.18. The van der Waals surface area contributed by atoms with Crippen molar-refractivity contribution in [1.29, 1.82) is 0 Å². The quantitative estimate of drug-likeness (QED) is 0.518. The van der Waals surface area contributed by atoms with Gasteiger partial charge in [0.1, 0.15) is 5.52 Å². The molecule has 3 heterocycles. The molecule has 7 heteroatoms. The third-order valence-electron chi connectivity index (χ3n) is 5.63. The van der Waals surface area contributed by atoms with Gasteiger partial charge in [-0.25, -0.2) is 15.0 Å². The van der Waals surface area contributed by atoms with Crippen LogP contribution in [0.2, 0.25) is 0 Å². The van der Waals surface area contributed by atoms with E-state index >= 15 is 0 Å². The summed E-state index contributed by atoms with van der Waals surface area (Å²) >= 11 is 0. The van der Waals surface area contributed by atoms with Gasteiger partial charge in [-0.1, -0.05) is 36.4 Å². The first-order valence-electron chi connectivity index (χ1n) is 10.5. The molecule has 31 heavy (non-hydrogen) atoms. The lowest BCUT2D eigenvalue weighted by Gasteiger charge is -2.12. The monoisotopic (exact) mass is 413 g/mol. The van der Waals surface area contributed by atoms with Crippen LogP contribution < -0.4 is 5.73 Å². The van der Waals surface area contributed by atoms with Gasteiger partial charge in [-0.3, -0.25) is 4.79 Å². The van der Waals surface area contributed by atoms with E-state index in [0.717, 1.165) is 48.6 Å². The number of amides is 1. The Labute approximate surface area is 179 Å². The van der Waals surface area contributed by atoms with Gasteiger partial charge >= 0.3 is 0 Å². The second kappa shape index (κ2) is 8.28. The van der Waals surface area contributed by atoms with Gasteiger partial charge in [0.2, 0.25) is 0 Å². The van der Waals surface area contributed by atoms with E-state index in [0.29, 0.717) is 17.1 Å². The Morgan fingerprint density at radius 1 is 1.03 bits per heavy atom. The topological polar surface area (TPSA) is 98.1 Å². The van der Waals surface area contributed by atoms with Crippen LogP contribution in [0.4, 0.5) is 0 Å². The van der Waals surface area contributed by atoms with Crippen LogP contribution >= 0.6 is 0 Å². The van der Waals surface area contributed by atoms with Crippen molar-refractivity contribution in [2.24, 2.45) is 5.73 Å². The number of hydrogen-bond acceptors (Lipinski definition) is 6. The Bertz CT molecular complexity index is 1230. The van der Waals surface area contributed by atoms with Crippen LogP contribution in [0.1, 0.15) is 29.1 Å². The third-order valence-corrected chi connectivity index (χ3v) is 5.63. The summed E-state index contributed by atoms with van der Waals surface area (Å²) in [6, 6.07) is 15.3. The molecule has 5 rings (SSSR count). The first-order chi connectivity index (χ1) is 15.2. The van der Waals surface area contributed by atoms with Crippen molar-refractivity contribution in [2.75, 3.05) is 19.6 Å². The van der Waals surface area contributed by atoms with E-state index in [2.05, 4.69) is 19.9 Å². The van der Waals surface area contributed by atoms with Gasteiger partial charge in [-0.15, -0.1) is 0 Å². The second-order valence-corrected chi connectivity index (χ2v) is 7.78. The minimum absolute atomic E-state index is 0.271. The zero-order valence-corrected chi connectivity index (χ0v) is 17.1. The SMILES string of the molecule is NC(=O)c1cnc(-c2ccccc2)nc1-c1ccc2nc(CCN3CCCC3)oc2c1. The lowest BCUT2D eigenvalue weighted by atomic mass is 10.1. The van der Waals surface area contributed by atoms with Crippen molar-refractivity contribution < 1.29 is 9.21 Å². The number of carbonyl (C=O) groups excluding carboxylic acids is 1. The van der Waals surface area contributed by atoms with Gasteiger partial charge in [0.15, 0.2) is 17.3 Å². The van der Waals surface area contributed by atoms with Gasteiger partial charge in [-0.05, 0) is 38.1 Å². The number of likely N-dealkylation sites (tertiary alicyclic amines) is 1. The fourth-order valence-electron chi connectivity index (χ4n) is 4.00. The van der Waals surface area contributed by atoms with E-state index in [4.69, 9.17) is 10.2 Å². The van der Waals surface area contributed by atoms with Crippen molar-refractivity contribution in [1.82, 2.24) is 19.9 Å². The van der Waals surface area contributed by atoms with Crippen molar-refractivity contribution in [3.63, 3.8) is 0 Å². The summed E-state index contributed by atoms with van der Waals surface area (Å²) in [4.78, 5) is 28.1. The van der Waals surface area contributed by atoms with Gasteiger partial charge in [0.25, 0.3) is 5.91 Å². The predicted octanol–water partition coefficient (Wildman–Crippen LogP) is 3.69. The van der Waals surface area contributed by atoms with Crippen molar-refractivity contribution in [3.05, 3.63) is 66.2 Å². The lowest BCUT2D eigenvalue weighted by molar-refractivity contribution is 0.100. The second-order valence-electron chi connectivity index (χ2n) is 7.78. The highest BCUT2D eigenvalue weighted by Crippen LogP contribution is 2.28. The molecule has 0 spiro atoms. The fraction of sp³-hybridized carbons (Fsp3) is 0.250. The molecule has 2 aromatic carbocycles. The molecule has 0 saturated carbocycles.